The van der Waals surface area contributed by atoms with E-state index < -0.39 is 35.0 Å². The van der Waals surface area contributed by atoms with Crippen molar-refractivity contribution in [2.24, 2.45) is 29.1 Å². The highest BCUT2D eigenvalue weighted by molar-refractivity contribution is 6.24. The number of amides is 4. The number of anilines is 1. The Morgan fingerprint density at radius 1 is 0.881 bits per heavy atom. The summed E-state index contributed by atoms with van der Waals surface area (Å²) in [6, 6.07) is 13.8. The van der Waals surface area contributed by atoms with E-state index in [2.05, 4.69) is 0 Å². The van der Waals surface area contributed by atoms with E-state index in [0.29, 0.717) is 29.8 Å². The van der Waals surface area contributed by atoms with Gasteiger partial charge >= 0.3 is 0 Å². The maximum absolute atomic E-state index is 14.5. The van der Waals surface area contributed by atoms with Crippen LogP contribution in [0.25, 0.3) is 0 Å². The molecule has 7 rings (SSSR count). The van der Waals surface area contributed by atoms with Crippen LogP contribution in [-0.2, 0) is 19.2 Å². The minimum Gasteiger partial charge on any atom is -0.508 e. The summed E-state index contributed by atoms with van der Waals surface area (Å²) in [6.07, 6.45) is 7.49. The second kappa shape index (κ2) is 9.82. The highest BCUT2D eigenvalue weighted by atomic mass is 16.5. The van der Waals surface area contributed by atoms with Gasteiger partial charge in [-0.1, -0.05) is 55.2 Å². The maximum Gasteiger partial charge on any atom is 0.241 e. The van der Waals surface area contributed by atoms with Crippen molar-refractivity contribution < 1.29 is 29.0 Å². The molecule has 218 valence electrons. The van der Waals surface area contributed by atoms with E-state index >= 15 is 0 Å². The smallest absolute Gasteiger partial charge is 0.241 e. The third-order valence-electron chi connectivity index (χ3n) is 10.8. The number of likely N-dealkylation sites (tertiary alicyclic amines) is 1. The highest BCUT2D eigenvalue weighted by Crippen LogP contribution is 2.65. The third kappa shape index (κ3) is 3.59. The lowest BCUT2D eigenvalue weighted by molar-refractivity contribution is -0.144. The van der Waals surface area contributed by atoms with Gasteiger partial charge < -0.3 is 9.84 Å². The number of aromatic hydroxyl groups is 1. The van der Waals surface area contributed by atoms with Crippen LogP contribution in [0.4, 0.5) is 5.69 Å². The van der Waals surface area contributed by atoms with Crippen LogP contribution in [0.1, 0.15) is 63.4 Å². The molecule has 6 atom stereocenters. The molecule has 2 saturated carbocycles. The molecule has 5 aliphatic rings. The Hall–Kier alpha value is -3.94. The van der Waals surface area contributed by atoms with E-state index in [-0.39, 0.29) is 35.4 Å². The molecule has 4 amide bonds. The van der Waals surface area contributed by atoms with Gasteiger partial charge in [0.15, 0.2) is 0 Å². The third-order valence-corrected chi connectivity index (χ3v) is 10.8. The molecule has 0 aromatic heterocycles. The number of fused-ring (bicyclic) bond motifs is 4. The van der Waals surface area contributed by atoms with Crippen molar-refractivity contribution in [2.45, 2.75) is 63.8 Å². The predicted octanol–water partition coefficient (Wildman–Crippen LogP) is 4.96. The van der Waals surface area contributed by atoms with E-state index in [4.69, 9.17) is 4.74 Å². The Morgan fingerprint density at radius 2 is 1.62 bits per heavy atom. The zero-order valence-electron chi connectivity index (χ0n) is 24.0. The summed E-state index contributed by atoms with van der Waals surface area (Å²) < 4.78 is 5.72. The largest absolute Gasteiger partial charge is 0.508 e. The molecule has 8 nitrogen and oxygen atoms in total. The second-order valence-corrected chi connectivity index (χ2v) is 12.7. The number of carbonyl (C=O) groups is 4. The number of hydrogen-bond acceptors (Lipinski definition) is 6. The van der Waals surface area contributed by atoms with Gasteiger partial charge in [-0.2, -0.15) is 0 Å². The van der Waals surface area contributed by atoms with Crippen LogP contribution in [0.2, 0.25) is 0 Å². The number of allylic oxidation sites excluding steroid dienone is 2. The minimum absolute atomic E-state index is 0.0286. The lowest BCUT2D eigenvalue weighted by Gasteiger charge is -2.49. The van der Waals surface area contributed by atoms with Crippen molar-refractivity contribution in [1.82, 2.24) is 4.90 Å². The topological polar surface area (TPSA) is 104 Å². The average molecular weight is 569 g/mol. The van der Waals surface area contributed by atoms with Gasteiger partial charge in [-0.05, 0) is 62.8 Å². The molecule has 0 bridgehead atoms. The Kier molecular flexibility index (Phi) is 6.29. The number of benzene rings is 2. The van der Waals surface area contributed by atoms with Gasteiger partial charge in [0, 0.05) is 17.5 Å². The van der Waals surface area contributed by atoms with Gasteiger partial charge in [0.1, 0.15) is 11.5 Å². The van der Waals surface area contributed by atoms with Crippen molar-refractivity contribution >= 4 is 29.3 Å². The minimum atomic E-state index is -1.23. The van der Waals surface area contributed by atoms with E-state index in [1.807, 2.05) is 19.1 Å². The SMILES string of the molecule is COc1cccc(O)c1C1C2=CCC3C(=O)N(C4CCCCC4)C(=O)C3C2CC2C(=O)N(c3ccccc3)C(=O)C21C. The molecule has 6 unspecified atom stereocenters. The molecule has 42 heavy (non-hydrogen) atoms. The highest BCUT2D eigenvalue weighted by Gasteiger charge is 2.68. The first-order valence-electron chi connectivity index (χ1n) is 15.1. The summed E-state index contributed by atoms with van der Waals surface area (Å²) in [5, 5.41) is 11.3. The molecule has 3 aliphatic carbocycles. The van der Waals surface area contributed by atoms with Gasteiger partial charge in [0.05, 0.1) is 36.0 Å². The van der Waals surface area contributed by atoms with E-state index in [1.54, 1.807) is 47.4 Å². The van der Waals surface area contributed by atoms with Crippen LogP contribution >= 0.6 is 0 Å². The monoisotopic (exact) mass is 568 g/mol. The molecule has 2 saturated heterocycles. The molecule has 1 N–H and O–H groups in total. The van der Waals surface area contributed by atoms with Crippen molar-refractivity contribution in [2.75, 3.05) is 12.0 Å². The van der Waals surface area contributed by atoms with Gasteiger partial charge in [0.25, 0.3) is 0 Å². The van der Waals surface area contributed by atoms with Crippen LogP contribution in [0, 0.1) is 29.1 Å². The van der Waals surface area contributed by atoms with Gasteiger partial charge in [0.2, 0.25) is 23.6 Å². The summed E-state index contributed by atoms with van der Waals surface area (Å²) in [4.78, 5) is 59.5. The van der Waals surface area contributed by atoms with Crippen LogP contribution < -0.4 is 9.64 Å². The lowest BCUT2D eigenvalue weighted by Crippen LogP contribution is -2.49. The van der Waals surface area contributed by atoms with Gasteiger partial charge in [-0.15, -0.1) is 0 Å². The summed E-state index contributed by atoms with van der Waals surface area (Å²) >= 11 is 0. The van der Waals surface area contributed by atoms with E-state index in [9.17, 15) is 24.3 Å². The molecule has 4 fully saturated rings. The molecule has 0 radical (unpaired) electrons. The zero-order valence-corrected chi connectivity index (χ0v) is 24.0. The summed E-state index contributed by atoms with van der Waals surface area (Å²) in [5.41, 5.74) is 0.552. The quantitative estimate of drug-likeness (QED) is 0.413. The zero-order chi connectivity index (χ0) is 29.3. The number of nitrogens with zero attached hydrogens (tertiary/aromatic N) is 2. The number of rotatable bonds is 4. The van der Waals surface area contributed by atoms with Crippen LogP contribution in [0.3, 0.4) is 0 Å². The molecular weight excluding hydrogens is 532 g/mol. The van der Waals surface area contributed by atoms with E-state index in [0.717, 1.165) is 37.7 Å². The van der Waals surface area contributed by atoms with Crippen LogP contribution in [0.5, 0.6) is 11.5 Å². The van der Waals surface area contributed by atoms with Crippen molar-refractivity contribution in [3.05, 3.63) is 65.7 Å². The maximum atomic E-state index is 14.5. The number of para-hydroxylation sites is 1. The van der Waals surface area contributed by atoms with Crippen LogP contribution in [-0.4, -0.2) is 46.8 Å². The standard InChI is InChI=1S/C34H36N2O6/c1-34-24(31(39)36(33(34)41)20-12-7-4-8-13-20)18-23-21(29(34)28-25(37)14-9-15-26(28)42-2)16-17-22-27(23)32(40)35(30(22)38)19-10-5-3-6-11-19/h4,7-9,12-16,19,22-24,27,29,37H,3,5-6,10-11,17-18H2,1-2H3. The fourth-order valence-electron chi connectivity index (χ4n) is 8.87. The molecule has 0 spiro atoms. The second-order valence-electron chi connectivity index (χ2n) is 12.7. The molecule has 8 heteroatoms. The molecule has 2 heterocycles. The summed E-state index contributed by atoms with van der Waals surface area (Å²) in [6.45, 7) is 1.82. The fourth-order valence-corrected chi connectivity index (χ4v) is 8.87. The molecular formula is C34H36N2O6. The number of ether oxygens (including phenoxy) is 1. The van der Waals surface area contributed by atoms with Crippen LogP contribution in [0.15, 0.2) is 60.2 Å². The average Bonchev–Trinajstić information content (AvgIpc) is 3.37. The lowest BCUT2D eigenvalue weighted by atomic mass is 9.51. The van der Waals surface area contributed by atoms with Crippen molar-refractivity contribution in [3.63, 3.8) is 0 Å². The predicted molar refractivity (Wildman–Crippen MR) is 154 cm³/mol. The van der Waals surface area contributed by atoms with Gasteiger partial charge in [-0.25, -0.2) is 4.90 Å². The summed E-state index contributed by atoms with van der Waals surface area (Å²) in [5.74, 6) is -3.42. The Bertz CT molecular complexity index is 1510. The first kappa shape index (κ1) is 26.9. The number of hydrogen-bond donors (Lipinski definition) is 1. The van der Waals surface area contributed by atoms with Crippen molar-refractivity contribution in [3.8, 4) is 11.5 Å². The summed E-state index contributed by atoms with van der Waals surface area (Å²) in [7, 11) is 1.52. The normalized spacial score (nSPS) is 32.9. The van der Waals surface area contributed by atoms with Crippen molar-refractivity contribution in [1.29, 1.82) is 0 Å². The number of methoxy groups -OCH3 is 1. The number of phenolic OH excluding ortho intramolecular Hbond substituents is 1. The number of phenols is 1. The molecule has 2 aliphatic heterocycles. The Labute approximate surface area is 245 Å². The fraction of sp³-hybridized carbons (Fsp3) is 0.471. The number of carbonyl (C=O) groups excluding carboxylic acids is 4. The Morgan fingerprint density at radius 3 is 2.33 bits per heavy atom. The first-order valence-corrected chi connectivity index (χ1v) is 15.1. The number of imide groups is 2. The van der Waals surface area contributed by atoms with E-state index in [1.165, 1.54) is 12.0 Å². The Balaban J connectivity index is 1.38. The molecule has 2 aromatic carbocycles. The molecule has 2 aromatic rings. The van der Waals surface area contributed by atoms with Gasteiger partial charge in [-0.3, -0.25) is 24.1 Å². The first-order chi connectivity index (χ1) is 20.3.